The summed E-state index contributed by atoms with van der Waals surface area (Å²) in [7, 11) is 8.21. The molecule has 0 amide bonds. The standard InChI is InChI=1S/C9H16N2.C9H15NO.2CH3Br/c1-6-7(2)10-8(3)9(6)11(4)5;1-6-7(2)11-8(3)9(6)10(4)5;2*1-2/h10H,1-5H3;1-5H3;2*1H3. The molecule has 26 heavy (non-hydrogen) atoms. The highest BCUT2D eigenvalue weighted by atomic mass is 79.9. The summed E-state index contributed by atoms with van der Waals surface area (Å²) in [4.78, 5) is 7.55. The molecule has 152 valence electrons. The van der Waals surface area contributed by atoms with E-state index in [0.717, 1.165) is 11.5 Å². The molecule has 2 aromatic heterocycles. The van der Waals surface area contributed by atoms with Gasteiger partial charge in [0.2, 0.25) is 0 Å². The Balaban J connectivity index is 0. The highest BCUT2D eigenvalue weighted by Gasteiger charge is 2.11. The van der Waals surface area contributed by atoms with E-state index in [1.54, 1.807) is 0 Å². The van der Waals surface area contributed by atoms with Gasteiger partial charge >= 0.3 is 0 Å². The van der Waals surface area contributed by atoms with Gasteiger partial charge in [0.1, 0.15) is 11.5 Å². The van der Waals surface area contributed by atoms with Gasteiger partial charge in [-0.25, -0.2) is 0 Å². The Morgan fingerprint density at radius 3 is 1.19 bits per heavy atom. The summed E-state index contributed by atoms with van der Waals surface area (Å²) in [5.41, 5.74) is 7.65. The quantitative estimate of drug-likeness (QED) is 0.497. The maximum Gasteiger partial charge on any atom is 0.124 e. The molecule has 0 fully saturated rings. The van der Waals surface area contributed by atoms with Crippen molar-refractivity contribution >= 4 is 43.2 Å². The second-order valence-corrected chi connectivity index (χ2v) is 6.33. The van der Waals surface area contributed by atoms with Crippen molar-refractivity contribution in [1.82, 2.24) is 4.98 Å². The molecular formula is C20H37Br2N3O. The van der Waals surface area contributed by atoms with Crippen LogP contribution in [-0.4, -0.2) is 44.8 Å². The van der Waals surface area contributed by atoms with Crippen molar-refractivity contribution in [2.24, 2.45) is 0 Å². The van der Waals surface area contributed by atoms with Crippen LogP contribution in [-0.2, 0) is 0 Å². The van der Waals surface area contributed by atoms with E-state index >= 15 is 0 Å². The van der Waals surface area contributed by atoms with Gasteiger partial charge in [0.25, 0.3) is 0 Å². The maximum absolute atomic E-state index is 5.46. The molecule has 0 aromatic carbocycles. The molecule has 0 aliphatic heterocycles. The fourth-order valence-electron chi connectivity index (χ4n) is 3.00. The van der Waals surface area contributed by atoms with Crippen molar-refractivity contribution in [1.29, 1.82) is 0 Å². The number of nitrogens with one attached hydrogen (secondary N) is 1. The van der Waals surface area contributed by atoms with Gasteiger partial charge in [-0.3, -0.25) is 0 Å². The van der Waals surface area contributed by atoms with E-state index in [2.05, 4.69) is 88.4 Å². The molecule has 0 saturated carbocycles. The van der Waals surface area contributed by atoms with Gasteiger partial charge in [0.15, 0.2) is 0 Å². The number of anilines is 2. The van der Waals surface area contributed by atoms with E-state index in [0.29, 0.717) is 0 Å². The fraction of sp³-hybridized carbons (Fsp3) is 0.600. The first-order valence-corrected chi connectivity index (χ1v) is 11.6. The number of aryl methyl sites for hydroxylation is 4. The molecule has 0 unspecified atom stereocenters. The Morgan fingerprint density at radius 2 is 1.04 bits per heavy atom. The summed E-state index contributed by atoms with van der Waals surface area (Å²) in [5, 5.41) is 0. The van der Waals surface area contributed by atoms with Crippen LogP contribution in [0.25, 0.3) is 0 Å². The second-order valence-electron chi connectivity index (χ2n) is 6.33. The molecule has 2 rings (SSSR count). The number of aromatic amines is 1. The molecule has 4 nitrogen and oxygen atoms in total. The average molecular weight is 495 g/mol. The van der Waals surface area contributed by atoms with Gasteiger partial charge in [-0.05, 0) is 58.8 Å². The third-order valence-electron chi connectivity index (χ3n) is 4.07. The molecule has 0 spiro atoms. The first-order chi connectivity index (χ1) is 12.1. The number of rotatable bonds is 2. The third kappa shape index (κ3) is 7.39. The SMILES string of the molecule is CBr.CBr.Cc1[nH]c(C)c(N(C)C)c1C.Cc1oc(C)c(N(C)C)c1C. The van der Waals surface area contributed by atoms with Crippen LogP contribution < -0.4 is 9.80 Å². The van der Waals surface area contributed by atoms with Crippen molar-refractivity contribution < 1.29 is 4.42 Å². The van der Waals surface area contributed by atoms with Gasteiger partial charge in [-0.15, -0.1) is 0 Å². The highest BCUT2D eigenvalue weighted by Crippen LogP contribution is 2.28. The van der Waals surface area contributed by atoms with E-state index in [4.69, 9.17) is 4.42 Å². The summed E-state index contributed by atoms with van der Waals surface area (Å²) in [6.07, 6.45) is 0. The molecule has 6 heteroatoms. The van der Waals surface area contributed by atoms with E-state index in [9.17, 15) is 0 Å². The monoisotopic (exact) mass is 493 g/mol. The van der Waals surface area contributed by atoms with E-state index < -0.39 is 0 Å². The summed E-state index contributed by atoms with van der Waals surface area (Å²) in [5.74, 6) is 5.65. The van der Waals surface area contributed by atoms with Crippen LogP contribution in [0.1, 0.15) is 34.0 Å². The van der Waals surface area contributed by atoms with Crippen molar-refractivity contribution in [3.05, 3.63) is 34.0 Å². The predicted molar refractivity (Wildman–Crippen MR) is 126 cm³/mol. The molecule has 2 aromatic rings. The number of halogens is 2. The fourth-order valence-corrected chi connectivity index (χ4v) is 3.00. The molecule has 0 aliphatic rings. The number of furan rings is 1. The van der Waals surface area contributed by atoms with E-state index in [-0.39, 0.29) is 0 Å². The molecule has 0 atom stereocenters. The first-order valence-electron chi connectivity index (χ1n) is 8.40. The number of alkyl halides is 2. The molecule has 0 saturated heterocycles. The van der Waals surface area contributed by atoms with E-state index in [1.807, 2.05) is 39.6 Å². The summed E-state index contributed by atoms with van der Waals surface area (Å²) < 4.78 is 5.46. The Labute approximate surface area is 177 Å². The topological polar surface area (TPSA) is 35.4 Å². The Kier molecular flexibility index (Phi) is 14.0. The number of hydrogen-bond acceptors (Lipinski definition) is 3. The van der Waals surface area contributed by atoms with Crippen LogP contribution in [0, 0.1) is 41.5 Å². The Hall–Kier alpha value is -0.880. The third-order valence-corrected chi connectivity index (χ3v) is 4.07. The zero-order valence-electron chi connectivity index (χ0n) is 18.6. The van der Waals surface area contributed by atoms with Crippen LogP contribution in [0.15, 0.2) is 4.42 Å². The van der Waals surface area contributed by atoms with Crippen LogP contribution in [0.4, 0.5) is 11.4 Å². The van der Waals surface area contributed by atoms with Gasteiger partial charge in [0.05, 0.1) is 11.4 Å². The van der Waals surface area contributed by atoms with Crippen LogP contribution in [0.5, 0.6) is 0 Å². The van der Waals surface area contributed by atoms with Crippen molar-refractivity contribution in [3.63, 3.8) is 0 Å². The predicted octanol–water partition coefficient (Wildman–Crippen LogP) is 6.30. The number of aromatic nitrogens is 1. The van der Waals surface area contributed by atoms with Gasteiger partial charge in [0, 0.05) is 45.1 Å². The van der Waals surface area contributed by atoms with Crippen molar-refractivity contribution in [2.75, 3.05) is 49.7 Å². The second kappa shape index (κ2) is 13.3. The van der Waals surface area contributed by atoms with E-state index in [1.165, 1.54) is 33.9 Å². The molecule has 0 radical (unpaired) electrons. The number of H-pyrrole nitrogens is 1. The van der Waals surface area contributed by atoms with Gasteiger partial charge in [-0.2, -0.15) is 0 Å². The number of nitrogens with zero attached hydrogens (tertiary/aromatic N) is 2. The Bertz CT molecular complexity index is 588. The Morgan fingerprint density at radius 1 is 0.615 bits per heavy atom. The normalized spacial score (nSPS) is 9.15. The lowest BCUT2D eigenvalue weighted by Crippen LogP contribution is -2.10. The lowest BCUT2D eigenvalue weighted by Gasteiger charge is -2.12. The van der Waals surface area contributed by atoms with Gasteiger partial charge in [-0.1, -0.05) is 31.9 Å². The largest absolute Gasteiger partial charge is 0.464 e. The zero-order chi connectivity index (χ0) is 21.2. The molecule has 2 heterocycles. The minimum absolute atomic E-state index is 1.00. The first kappa shape index (κ1) is 27.3. The van der Waals surface area contributed by atoms with Crippen LogP contribution in [0.3, 0.4) is 0 Å². The van der Waals surface area contributed by atoms with Crippen molar-refractivity contribution in [2.45, 2.75) is 41.5 Å². The van der Waals surface area contributed by atoms with Crippen LogP contribution >= 0.6 is 31.9 Å². The molecular weight excluding hydrogens is 458 g/mol. The zero-order valence-corrected chi connectivity index (χ0v) is 21.7. The molecule has 0 bridgehead atoms. The van der Waals surface area contributed by atoms with Crippen molar-refractivity contribution in [3.8, 4) is 0 Å². The summed E-state index contributed by atoms with van der Waals surface area (Å²) in [6.45, 7) is 12.4. The average Bonchev–Trinajstić information content (AvgIpc) is 2.98. The highest BCUT2D eigenvalue weighted by molar-refractivity contribution is 9.09. The molecule has 1 N–H and O–H groups in total. The van der Waals surface area contributed by atoms with Crippen LogP contribution in [0.2, 0.25) is 0 Å². The minimum atomic E-state index is 1.00. The maximum atomic E-state index is 5.46. The lowest BCUT2D eigenvalue weighted by molar-refractivity contribution is 0.503. The molecule has 0 aliphatic carbocycles. The number of hydrogen-bond donors (Lipinski definition) is 1. The smallest absolute Gasteiger partial charge is 0.124 e. The summed E-state index contributed by atoms with van der Waals surface area (Å²) in [6, 6.07) is 0. The lowest BCUT2D eigenvalue weighted by atomic mass is 10.2. The van der Waals surface area contributed by atoms with Gasteiger partial charge < -0.3 is 19.2 Å². The minimum Gasteiger partial charge on any atom is -0.464 e. The summed E-state index contributed by atoms with van der Waals surface area (Å²) >= 11 is 5.88.